The Hall–Kier alpha value is -0.600. The Morgan fingerprint density at radius 3 is 2.41 bits per heavy atom. The van der Waals surface area contributed by atoms with Gasteiger partial charge in [-0.2, -0.15) is 0 Å². The van der Waals surface area contributed by atoms with E-state index in [1.54, 1.807) is 5.57 Å². The van der Waals surface area contributed by atoms with E-state index >= 15 is 0 Å². The predicted molar refractivity (Wildman–Crippen MR) is 134 cm³/mol. The molecule has 0 radical (unpaired) electrons. The van der Waals surface area contributed by atoms with Gasteiger partial charge in [-0.15, -0.1) is 0 Å². The molecule has 2 nitrogen and oxygen atoms in total. The highest BCUT2D eigenvalue weighted by Gasteiger charge is 2.66. The first-order valence-corrected chi connectivity index (χ1v) is 13.6. The van der Waals surface area contributed by atoms with E-state index in [0.29, 0.717) is 30.3 Å². The maximum absolute atomic E-state index is 10.7. The van der Waals surface area contributed by atoms with E-state index in [4.69, 9.17) is 0 Å². The lowest BCUT2D eigenvalue weighted by molar-refractivity contribution is -0.151. The highest BCUT2D eigenvalue weighted by Crippen LogP contribution is 2.74. The fraction of sp³-hybridized carbons (Fsp3) is 0.867. The molecule has 0 heterocycles. The van der Waals surface area contributed by atoms with Gasteiger partial charge in [-0.3, -0.25) is 0 Å². The Kier molecular flexibility index (Phi) is 6.33. The summed E-state index contributed by atoms with van der Waals surface area (Å²) in [6, 6.07) is 0. The van der Waals surface area contributed by atoms with E-state index in [-0.39, 0.29) is 28.3 Å². The highest BCUT2D eigenvalue weighted by molar-refractivity contribution is 5.34. The fourth-order valence-corrected chi connectivity index (χ4v) is 9.89. The topological polar surface area (TPSA) is 40.5 Å². The second kappa shape index (κ2) is 8.26. The summed E-state index contributed by atoms with van der Waals surface area (Å²) >= 11 is 0. The first-order valence-electron chi connectivity index (χ1n) is 13.6. The van der Waals surface area contributed by atoms with Gasteiger partial charge in [0.25, 0.3) is 0 Å². The molecular weight excluding hydrogens is 392 g/mol. The lowest BCUT2D eigenvalue weighted by Crippen LogP contribution is -2.62. The van der Waals surface area contributed by atoms with Crippen LogP contribution in [0.25, 0.3) is 0 Å². The predicted octanol–water partition coefficient (Wildman–Crippen LogP) is 7.16. The molecule has 0 aromatic carbocycles. The molecule has 182 valence electrons. The average molecular weight is 443 g/mol. The van der Waals surface area contributed by atoms with Gasteiger partial charge in [-0.05, 0) is 111 Å². The lowest BCUT2D eigenvalue weighted by atomic mass is 9.35. The van der Waals surface area contributed by atoms with Crippen molar-refractivity contribution < 1.29 is 10.2 Å². The van der Waals surface area contributed by atoms with Gasteiger partial charge >= 0.3 is 0 Å². The molecule has 0 aliphatic heterocycles. The average Bonchev–Trinajstić information content (AvgIpc) is 2.75. The van der Waals surface area contributed by atoms with Crippen molar-refractivity contribution in [2.45, 2.75) is 99.3 Å². The van der Waals surface area contributed by atoms with Gasteiger partial charge in [0.2, 0.25) is 0 Å². The van der Waals surface area contributed by atoms with Gasteiger partial charge in [-0.25, -0.2) is 0 Å². The molecule has 3 fully saturated rings. The fourth-order valence-electron chi connectivity index (χ4n) is 9.89. The Labute approximate surface area is 198 Å². The van der Waals surface area contributed by atoms with Gasteiger partial charge in [0.1, 0.15) is 0 Å². The van der Waals surface area contributed by atoms with Gasteiger partial charge in [-0.1, -0.05) is 58.4 Å². The van der Waals surface area contributed by atoms with Gasteiger partial charge in [0.15, 0.2) is 0 Å². The summed E-state index contributed by atoms with van der Waals surface area (Å²) in [5.74, 6) is 3.11. The van der Waals surface area contributed by atoms with Crippen LogP contribution in [-0.2, 0) is 0 Å². The van der Waals surface area contributed by atoms with E-state index in [2.05, 4.69) is 54.2 Å². The van der Waals surface area contributed by atoms with Crippen molar-refractivity contribution >= 4 is 0 Å². The standard InChI is InChI=1S/C30H50O2/c1-20(2)23-12-14-29(7)25(27(23,5)13-8-18-31)10-9-24-26-22(4)21(3)11-15-30(26,19-32)17-16-28(24,29)6/h9,21-23,25-26,31-32H,1,8,10-19H2,2-7H3. The molecule has 0 aromatic rings. The summed E-state index contributed by atoms with van der Waals surface area (Å²) < 4.78 is 0. The molecule has 2 heteroatoms. The molecule has 0 aromatic heterocycles. The zero-order valence-corrected chi connectivity index (χ0v) is 21.8. The Morgan fingerprint density at radius 1 is 1.06 bits per heavy atom. The minimum absolute atomic E-state index is 0.107. The van der Waals surface area contributed by atoms with Crippen molar-refractivity contribution in [2.75, 3.05) is 13.2 Å². The van der Waals surface area contributed by atoms with Crippen molar-refractivity contribution in [3.8, 4) is 0 Å². The summed E-state index contributed by atoms with van der Waals surface area (Å²) in [4.78, 5) is 0. The molecule has 2 N–H and O–H groups in total. The summed E-state index contributed by atoms with van der Waals surface area (Å²) in [5.41, 5.74) is 3.85. The van der Waals surface area contributed by atoms with Crippen molar-refractivity contribution in [2.24, 2.45) is 51.2 Å². The molecule has 9 atom stereocenters. The minimum atomic E-state index is 0.107. The molecule has 32 heavy (non-hydrogen) atoms. The molecule has 0 spiro atoms. The Morgan fingerprint density at radius 2 is 1.78 bits per heavy atom. The van der Waals surface area contributed by atoms with Crippen LogP contribution >= 0.6 is 0 Å². The van der Waals surface area contributed by atoms with Crippen molar-refractivity contribution in [1.29, 1.82) is 0 Å². The van der Waals surface area contributed by atoms with Crippen LogP contribution in [0, 0.1) is 51.2 Å². The molecular formula is C30H50O2. The quantitative estimate of drug-likeness (QED) is 0.443. The Balaban J connectivity index is 1.81. The van der Waals surface area contributed by atoms with Gasteiger partial charge in [0, 0.05) is 18.6 Å². The number of fused-ring (bicyclic) bond motifs is 5. The first-order chi connectivity index (χ1) is 15.0. The maximum Gasteiger partial charge on any atom is 0.0493 e. The third kappa shape index (κ3) is 3.18. The third-order valence-electron chi connectivity index (χ3n) is 12.2. The van der Waals surface area contributed by atoms with Crippen LogP contribution in [0.2, 0.25) is 0 Å². The molecule has 4 rings (SSSR count). The van der Waals surface area contributed by atoms with Gasteiger partial charge < -0.3 is 10.2 Å². The molecule has 9 unspecified atom stereocenters. The smallest absolute Gasteiger partial charge is 0.0493 e. The van der Waals surface area contributed by atoms with E-state index in [1.165, 1.54) is 44.1 Å². The van der Waals surface area contributed by atoms with Gasteiger partial charge in [0.05, 0.1) is 0 Å². The normalized spacial score (nSPS) is 50.6. The maximum atomic E-state index is 10.7. The van der Waals surface area contributed by atoms with Crippen molar-refractivity contribution in [1.82, 2.24) is 0 Å². The summed E-state index contributed by atoms with van der Waals surface area (Å²) in [6.07, 6.45) is 13.2. The molecule has 0 saturated heterocycles. The largest absolute Gasteiger partial charge is 0.396 e. The van der Waals surface area contributed by atoms with E-state index in [1.807, 2.05) is 0 Å². The van der Waals surface area contributed by atoms with Crippen LogP contribution in [0.5, 0.6) is 0 Å². The summed E-state index contributed by atoms with van der Waals surface area (Å²) in [5, 5.41) is 20.4. The third-order valence-corrected chi connectivity index (χ3v) is 12.2. The molecule has 0 bridgehead atoms. The lowest BCUT2D eigenvalue weighted by Gasteiger charge is -2.69. The van der Waals surface area contributed by atoms with Crippen molar-refractivity contribution in [3.63, 3.8) is 0 Å². The monoisotopic (exact) mass is 442 g/mol. The van der Waals surface area contributed by atoms with Crippen LogP contribution in [0.15, 0.2) is 23.8 Å². The Bertz CT molecular complexity index is 769. The summed E-state index contributed by atoms with van der Waals surface area (Å²) in [7, 11) is 0. The second-order valence-electron chi connectivity index (χ2n) is 13.3. The van der Waals surface area contributed by atoms with E-state index < -0.39 is 0 Å². The van der Waals surface area contributed by atoms with Crippen LogP contribution in [0.4, 0.5) is 0 Å². The second-order valence-corrected chi connectivity index (χ2v) is 13.3. The highest BCUT2D eigenvalue weighted by atomic mass is 16.3. The zero-order valence-electron chi connectivity index (χ0n) is 21.8. The first kappa shape index (κ1) is 24.5. The minimum Gasteiger partial charge on any atom is -0.396 e. The van der Waals surface area contributed by atoms with Crippen LogP contribution in [-0.4, -0.2) is 23.4 Å². The zero-order chi connectivity index (χ0) is 23.5. The number of hydrogen-bond acceptors (Lipinski definition) is 2. The van der Waals surface area contributed by atoms with E-state index in [9.17, 15) is 10.2 Å². The number of rotatable bonds is 5. The van der Waals surface area contributed by atoms with Crippen molar-refractivity contribution in [3.05, 3.63) is 23.8 Å². The number of hydrogen-bond donors (Lipinski definition) is 2. The number of allylic oxidation sites excluding steroid dienone is 3. The SMILES string of the molecule is C=C(C)C1CCC2(C)C(CC=C3C4C(C)C(C)CCC4(CO)CCC32C)C1(C)CCCO. The number of aliphatic hydroxyl groups is 2. The molecule has 0 amide bonds. The van der Waals surface area contributed by atoms with Crippen LogP contribution in [0.3, 0.4) is 0 Å². The molecule has 3 saturated carbocycles. The number of aliphatic hydroxyl groups excluding tert-OH is 2. The van der Waals surface area contributed by atoms with E-state index in [0.717, 1.165) is 25.2 Å². The van der Waals surface area contributed by atoms with Crippen LogP contribution in [0.1, 0.15) is 99.3 Å². The molecule has 4 aliphatic carbocycles. The summed E-state index contributed by atoms with van der Waals surface area (Å²) in [6.45, 7) is 20.0. The van der Waals surface area contributed by atoms with Crippen LogP contribution < -0.4 is 0 Å². The molecule has 4 aliphatic rings.